The smallest absolute Gasteiger partial charge is 0.289 e. The Morgan fingerprint density at radius 1 is 1.43 bits per heavy atom. The van der Waals surface area contributed by atoms with Crippen molar-refractivity contribution in [1.29, 1.82) is 0 Å². The van der Waals surface area contributed by atoms with Gasteiger partial charge in [0.2, 0.25) is 5.78 Å². The van der Waals surface area contributed by atoms with Crippen LogP contribution in [0.2, 0.25) is 0 Å². The molecule has 68 valence electrons. The first-order valence-corrected chi connectivity index (χ1v) is 7.10. The molecule has 1 aliphatic rings. The summed E-state index contributed by atoms with van der Waals surface area (Å²) in [5.74, 6) is 0.302. The van der Waals surface area contributed by atoms with Crippen molar-refractivity contribution in [2.45, 2.75) is 11.7 Å². The summed E-state index contributed by atoms with van der Waals surface area (Å²) in [4.78, 5) is 11.8. The van der Waals surface area contributed by atoms with Gasteiger partial charge in [-0.1, -0.05) is 24.3 Å². The van der Waals surface area contributed by atoms with Gasteiger partial charge in [0.25, 0.3) is 0 Å². The van der Waals surface area contributed by atoms with Gasteiger partial charge in [0.1, 0.15) is 0 Å². The van der Waals surface area contributed by atoms with Gasteiger partial charge in [-0.25, -0.2) is 0 Å². The third-order valence-electron chi connectivity index (χ3n) is 2.41. The van der Waals surface area contributed by atoms with Gasteiger partial charge in [-0.3, -0.25) is 13.2 Å². The van der Waals surface area contributed by atoms with Crippen molar-refractivity contribution < 1.29 is 73.7 Å². The third-order valence-corrected chi connectivity index (χ3v) is 4.50. The number of carbonyl (C=O) groups excluding carboxylic acids is 1. The predicted molar refractivity (Wildman–Crippen MR) is 59.9 cm³/mol. The van der Waals surface area contributed by atoms with Gasteiger partial charge >= 0.3 is 68.9 Å². The van der Waals surface area contributed by atoms with Crippen LogP contribution >= 0.6 is 8.44 Å². The fraction of sp³-hybridized carbons (Fsp3) is 0.300. The van der Waals surface area contributed by atoms with Gasteiger partial charge in [-0.15, -0.1) is 0 Å². The Morgan fingerprint density at radius 2 is 2.07 bits per heavy atom. The molecule has 2 atom stereocenters. The van der Waals surface area contributed by atoms with E-state index in [4.69, 9.17) is 0 Å². The average Bonchev–Trinajstić information content (AvgIpc) is 2.45. The standard InChI is InChI=1S/C10H11OPS.Cs/c1-13(12)9-6-7-4-2-3-5-8(7)10(9)11;/h2-5,9,12H,6H2,1H3;/q;+1. The summed E-state index contributed by atoms with van der Waals surface area (Å²) in [6.07, 6.45) is 2.96. The third kappa shape index (κ3) is 2.69. The molecule has 2 rings (SSSR count). The van der Waals surface area contributed by atoms with Crippen molar-refractivity contribution in [2.24, 2.45) is 0 Å². The van der Waals surface area contributed by atoms with Crippen LogP contribution in [0.15, 0.2) is 24.3 Å². The fourth-order valence-corrected chi connectivity index (χ4v) is 3.14. The van der Waals surface area contributed by atoms with Crippen LogP contribution in [0.25, 0.3) is 0 Å². The second-order valence-corrected chi connectivity index (χ2v) is 6.89. The van der Waals surface area contributed by atoms with Gasteiger partial charge < -0.3 is 0 Å². The molecule has 0 amide bonds. The number of carbonyl (C=O) groups is 1. The topological polar surface area (TPSA) is 17.1 Å². The molecule has 0 N–H and O–H groups in total. The van der Waals surface area contributed by atoms with E-state index in [1.54, 1.807) is 0 Å². The monoisotopic (exact) mass is 343 g/mol. The first-order chi connectivity index (χ1) is 6.20. The fourth-order valence-electron chi connectivity index (χ4n) is 1.69. The number of hydrogen-bond donors (Lipinski definition) is 0. The van der Waals surface area contributed by atoms with Gasteiger partial charge in [0, 0.05) is 12.0 Å². The number of ketones is 1. The normalized spacial score (nSPS) is 21.3. The Labute approximate surface area is 149 Å². The van der Waals surface area contributed by atoms with Crippen LogP contribution in [0.1, 0.15) is 15.9 Å². The van der Waals surface area contributed by atoms with Gasteiger partial charge in [0.15, 0.2) is 5.25 Å². The molecule has 1 aromatic carbocycles. The van der Waals surface area contributed by atoms with E-state index in [2.05, 4.69) is 14.7 Å². The molecule has 0 fully saturated rings. The first kappa shape index (κ1) is 13.8. The second kappa shape index (κ2) is 5.87. The Kier molecular flexibility index (Phi) is 5.78. The molecule has 0 spiro atoms. The van der Waals surface area contributed by atoms with Crippen molar-refractivity contribution in [3.63, 3.8) is 0 Å². The molecule has 1 nitrogen and oxygen atoms in total. The quantitative estimate of drug-likeness (QED) is 0.478. The van der Waals surface area contributed by atoms with Crippen LogP contribution in [-0.2, 0) is 16.9 Å². The zero-order valence-electron chi connectivity index (χ0n) is 8.41. The number of benzene rings is 1. The van der Waals surface area contributed by atoms with E-state index < -0.39 is 0 Å². The zero-order chi connectivity index (χ0) is 9.42. The van der Waals surface area contributed by atoms with Gasteiger partial charge in [-0.05, 0) is 5.56 Å². The molecule has 0 aliphatic heterocycles. The van der Waals surface area contributed by atoms with Gasteiger partial charge in [0.05, 0.1) is 6.26 Å². The molecule has 2 unspecified atom stereocenters. The van der Waals surface area contributed by atoms with Crippen LogP contribution < -0.4 is 68.9 Å². The van der Waals surface area contributed by atoms with Crippen molar-refractivity contribution >= 4 is 24.7 Å². The number of rotatable bonds is 1. The van der Waals surface area contributed by atoms with Crippen LogP contribution in [0, 0.1) is 0 Å². The molecule has 0 saturated heterocycles. The van der Waals surface area contributed by atoms with E-state index in [9.17, 15) is 4.79 Å². The maximum absolute atomic E-state index is 11.8. The summed E-state index contributed by atoms with van der Waals surface area (Å²) in [7, 11) is 3.57. The molecule has 14 heavy (non-hydrogen) atoms. The molecule has 0 aromatic heterocycles. The molecule has 1 aromatic rings. The van der Waals surface area contributed by atoms with Crippen LogP contribution in [0.4, 0.5) is 0 Å². The van der Waals surface area contributed by atoms with Crippen molar-refractivity contribution in [1.82, 2.24) is 0 Å². The minimum absolute atomic E-state index is 0. The summed E-state index contributed by atoms with van der Waals surface area (Å²) >= 11 is 0. The SMILES string of the molecule is C[S+]([PH-])C1Cc2ccccc2C1=O.[Cs+]. The average molecular weight is 343 g/mol. The Balaban J connectivity index is 0.000000980. The van der Waals surface area contributed by atoms with Crippen molar-refractivity contribution in [2.75, 3.05) is 6.26 Å². The van der Waals surface area contributed by atoms with Crippen LogP contribution in [-0.4, -0.2) is 17.3 Å². The van der Waals surface area contributed by atoms with E-state index >= 15 is 0 Å². The van der Waals surface area contributed by atoms with E-state index in [1.165, 1.54) is 5.56 Å². The number of hydrogen-bond acceptors (Lipinski definition) is 1. The molecular weight excluding hydrogens is 332 g/mol. The summed E-state index contributed by atoms with van der Waals surface area (Å²) in [6.45, 7) is 0. The minimum atomic E-state index is 0. The van der Waals surface area contributed by atoms with E-state index in [1.807, 2.05) is 24.3 Å². The zero-order valence-corrected chi connectivity index (χ0v) is 16.5. The summed E-state index contributed by atoms with van der Waals surface area (Å²) < 4.78 is 0. The molecule has 1 aliphatic carbocycles. The number of fused-ring (bicyclic) bond motifs is 1. The van der Waals surface area contributed by atoms with E-state index in [-0.39, 0.29) is 84.7 Å². The van der Waals surface area contributed by atoms with Gasteiger partial charge in [-0.2, -0.15) is 10.5 Å². The maximum Gasteiger partial charge on any atom is 1.00 e. The minimum Gasteiger partial charge on any atom is -0.289 e. The molecule has 0 bridgehead atoms. The van der Waals surface area contributed by atoms with Crippen molar-refractivity contribution in [3.8, 4) is 0 Å². The Hall–Kier alpha value is 1.72. The largest absolute Gasteiger partial charge is 1.00 e. The van der Waals surface area contributed by atoms with Crippen LogP contribution in [0.3, 0.4) is 0 Å². The molecule has 0 heterocycles. The first-order valence-electron chi connectivity index (χ1n) is 4.18. The summed E-state index contributed by atoms with van der Waals surface area (Å²) in [5, 5.41) is 0.161. The molecule has 4 heteroatoms. The molecular formula is C10H11CsOPS+. The molecule has 0 saturated carbocycles. The van der Waals surface area contributed by atoms with Crippen molar-refractivity contribution in [3.05, 3.63) is 35.4 Å². The Morgan fingerprint density at radius 3 is 2.64 bits per heavy atom. The Bertz CT molecular complexity index is 354. The second-order valence-electron chi connectivity index (χ2n) is 3.27. The van der Waals surface area contributed by atoms with E-state index in [0.717, 1.165) is 12.0 Å². The van der Waals surface area contributed by atoms with Crippen LogP contribution in [0.5, 0.6) is 0 Å². The summed E-state index contributed by atoms with van der Waals surface area (Å²) in [6, 6.07) is 7.90. The number of Topliss-reactive ketones (excluding diaryl/α,β-unsaturated/α-hetero) is 1. The molecule has 0 radical (unpaired) electrons. The predicted octanol–water partition coefficient (Wildman–Crippen LogP) is -0.896. The maximum atomic E-state index is 11.8. The summed E-state index contributed by atoms with van der Waals surface area (Å²) in [5.41, 5.74) is 2.13. The van der Waals surface area contributed by atoms with E-state index in [0.29, 0.717) is 5.78 Å².